The third-order valence-corrected chi connectivity index (χ3v) is 2.88. The van der Waals surface area contributed by atoms with E-state index in [9.17, 15) is 9.59 Å². The van der Waals surface area contributed by atoms with Gasteiger partial charge in [0.2, 0.25) is 0 Å². The molecule has 0 saturated carbocycles. The van der Waals surface area contributed by atoms with E-state index in [-0.39, 0.29) is 6.04 Å². The van der Waals surface area contributed by atoms with Crippen LogP contribution in [-0.4, -0.2) is 29.7 Å². The lowest BCUT2D eigenvalue weighted by molar-refractivity contribution is -0.135. The van der Waals surface area contributed by atoms with Gasteiger partial charge in [-0.2, -0.15) is 0 Å². The van der Waals surface area contributed by atoms with Gasteiger partial charge in [-0.15, -0.1) is 0 Å². The number of carbonyl (C=O) groups is 2. The first-order valence-electron chi connectivity index (χ1n) is 5.99. The minimum absolute atomic E-state index is 0.0250. The molecule has 0 aliphatic rings. The SMILES string of the molecule is CCC(C)NC(=O)N(CC(=O)O)c1cccc(Cl)c1. The van der Waals surface area contributed by atoms with Gasteiger partial charge in [0.1, 0.15) is 6.54 Å². The molecule has 2 amide bonds. The maximum atomic E-state index is 12.1. The topological polar surface area (TPSA) is 69.6 Å². The van der Waals surface area contributed by atoms with Gasteiger partial charge in [0.05, 0.1) is 0 Å². The van der Waals surface area contributed by atoms with E-state index < -0.39 is 18.5 Å². The highest BCUT2D eigenvalue weighted by Crippen LogP contribution is 2.19. The fraction of sp³-hybridized carbons (Fsp3) is 0.385. The van der Waals surface area contributed by atoms with Crippen molar-refractivity contribution in [1.82, 2.24) is 5.32 Å². The third kappa shape index (κ3) is 4.79. The molecule has 5 nitrogen and oxygen atoms in total. The standard InChI is InChI=1S/C13H17ClN2O3/c1-3-9(2)15-13(19)16(8-12(17)18)11-6-4-5-10(14)7-11/h4-7,9H,3,8H2,1-2H3,(H,15,19)(H,17,18). The summed E-state index contributed by atoms with van der Waals surface area (Å²) in [4.78, 5) is 24.1. The molecular weight excluding hydrogens is 268 g/mol. The number of urea groups is 1. The summed E-state index contributed by atoms with van der Waals surface area (Å²) in [5.74, 6) is -1.08. The Morgan fingerprint density at radius 2 is 2.16 bits per heavy atom. The van der Waals surface area contributed by atoms with Gasteiger partial charge in [0.15, 0.2) is 0 Å². The van der Waals surface area contributed by atoms with Crippen LogP contribution in [0.2, 0.25) is 5.02 Å². The Balaban J connectivity index is 2.94. The van der Waals surface area contributed by atoms with E-state index in [0.717, 1.165) is 11.3 Å². The first kappa shape index (κ1) is 15.3. The molecule has 0 heterocycles. The summed E-state index contributed by atoms with van der Waals surface area (Å²) >= 11 is 5.86. The second kappa shape index (κ2) is 6.99. The van der Waals surface area contributed by atoms with Crippen LogP contribution in [0.1, 0.15) is 20.3 Å². The summed E-state index contributed by atoms with van der Waals surface area (Å²) in [6.07, 6.45) is 0.766. The molecule has 0 aliphatic heterocycles. The lowest BCUT2D eigenvalue weighted by Gasteiger charge is -2.23. The summed E-state index contributed by atoms with van der Waals surface area (Å²) in [6.45, 7) is 3.38. The molecule has 1 aromatic carbocycles. The number of carboxylic acid groups (broad SMARTS) is 1. The molecule has 0 radical (unpaired) electrons. The number of carboxylic acids is 1. The predicted molar refractivity (Wildman–Crippen MR) is 74.7 cm³/mol. The van der Waals surface area contributed by atoms with Gasteiger partial charge in [0.25, 0.3) is 0 Å². The number of amides is 2. The molecule has 2 N–H and O–H groups in total. The van der Waals surface area contributed by atoms with Crippen LogP contribution in [-0.2, 0) is 4.79 Å². The summed E-state index contributed by atoms with van der Waals surface area (Å²) in [7, 11) is 0. The smallest absolute Gasteiger partial charge is 0.323 e. The second-order valence-electron chi connectivity index (χ2n) is 4.22. The molecule has 104 valence electrons. The Kier molecular flexibility index (Phi) is 5.63. The largest absolute Gasteiger partial charge is 0.480 e. The van der Waals surface area contributed by atoms with Crippen molar-refractivity contribution >= 4 is 29.3 Å². The predicted octanol–water partition coefficient (Wildman–Crippen LogP) is 2.74. The van der Waals surface area contributed by atoms with Crippen molar-refractivity contribution in [3.05, 3.63) is 29.3 Å². The number of aliphatic carboxylic acids is 1. The summed E-state index contributed by atoms with van der Waals surface area (Å²) in [6, 6.07) is 6.06. The Morgan fingerprint density at radius 1 is 1.47 bits per heavy atom. The summed E-state index contributed by atoms with van der Waals surface area (Å²) in [5, 5.41) is 12.1. The Bertz CT molecular complexity index is 465. The van der Waals surface area contributed by atoms with E-state index in [4.69, 9.17) is 16.7 Å². The van der Waals surface area contributed by atoms with Gasteiger partial charge in [-0.05, 0) is 31.5 Å². The highest BCUT2D eigenvalue weighted by molar-refractivity contribution is 6.30. The minimum Gasteiger partial charge on any atom is -0.480 e. The Hall–Kier alpha value is -1.75. The van der Waals surface area contributed by atoms with Gasteiger partial charge in [-0.1, -0.05) is 24.6 Å². The molecule has 0 saturated heterocycles. The molecule has 6 heteroatoms. The Morgan fingerprint density at radius 3 is 2.68 bits per heavy atom. The monoisotopic (exact) mass is 284 g/mol. The number of hydrogen-bond donors (Lipinski definition) is 2. The van der Waals surface area contributed by atoms with E-state index in [1.165, 1.54) is 0 Å². The summed E-state index contributed by atoms with van der Waals surface area (Å²) < 4.78 is 0. The normalized spacial score (nSPS) is 11.7. The van der Waals surface area contributed by atoms with E-state index in [2.05, 4.69) is 5.32 Å². The number of halogens is 1. The highest BCUT2D eigenvalue weighted by Gasteiger charge is 2.20. The van der Waals surface area contributed by atoms with Crippen LogP contribution in [0.15, 0.2) is 24.3 Å². The zero-order valence-corrected chi connectivity index (χ0v) is 11.6. The fourth-order valence-corrected chi connectivity index (χ4v) is 1.63. The van der Waals surface area contributed by atoms with Crippen molar-refractivity contribution in [3.63, 3.8) is 0 Å². The zero-order chi connectivity index (χ0) is 14.4. The molecule has 0 aliphatic carbocycles. The molecule has 1 unspecified atom stereocenters. The van der Waals surface area contributed by atoms with Crippen molar-refractivity contribution in [2.45, 2.75) is 26.3 Å². The first-order chi connectivity index (χ1) is 8.93. The van der Waals surface area contributed by atoms with Crippen LogP contribution in [0, 0.1) is 0 Å². The molecule has 1 rings (SSSR count). The van der Waals surface area contributed by atoms with Gasteiger partial charge < -0.3 is 10.4 Å². The number of hydrogen-bond acceptors (Lipinski definition) is 2. The molecule has 1 atom stereocenters. The lowest BCUT2D eigenvalue weighted by atomic mass is 10.2. The lowest BCUT2D eigenvalue weighted by Crippen LogP contribution is -2.46. The van der Waals surface area contributed by atoms with Crippen molar-refractivity contribution in [3.8, 4) is 0 Å². The van der Waals surface area contributed by atoms with E-state index in [1.54, 1.807) is 24.3 Å². The maximum absolute atomic E-state index is 12.1. The van der Waals surface area contributed by atoms with Crippen molar-refractivity contribution in [1.29, 1.82) is 0 Å². The molecule has 0 aromatic heterocycles. The number of anilines is 1. The quantitative estimate of drug-likeness (QED) is 0.873. The zero-order valence-electron chi connectivity index (χ0n) is 10.9. The van der Waals surface area contributed by atoms with Gasteiger partial charge >= 0.3 is 12.0 Å². The third-order valence-electron chi connectivity index (χ3n) is 2.64. The minimum atomic E-state index is -1.08. The number of nitrogens with zero attached hydrogens (tertiary/aromatic N) is 1. The van der Waals surface area contributed by atoms with Crippen molar-refractivity contribution in [2.75, 3.05) is 11.4 Å². The molecule has 0 spiro atoms. The van der Waals surface area contributed by atoms with Crippen LogP contribution in [0.3, 0.4) is 0 Å². The van der Waals surface area contributed by atoms with E-state index in [1.807, 2.05) is 13.8 Å². The molecule has 0 fully saturated rings. The van der Waals surface area contributed by atoms with Crippen molar-refractivity contribution in [2.24, 2.45) is 0 Å². The van der Waals surface area contributed by atoms with Gasteiger partial charge in [-0.3, -0.25) is 9.69 Å². The van der Waals surface area contributed by atoms with Crippen LogP contribution >= 0.6 is 11.6 Å². The number of rotatable bonds is 5. The van der Waals surface area contributed by atoms with Crippen LogP contribution < -0.4 is 10.2 Å². The number of carbonyl (C=O) groups excluding carboxylic acids is 1. The van der Waals surface area contributed by atoms with Crippen molar-refractivity contribution < 1.29 is 14.7 Å². The number of benzene rings is 1. The molecular formula is C13H17ClN2O3. The van der Waals surface area contributed by atoms with Crippen LogP contribution in [0.5, 0.6) is 0 Å². The van der Waals surface area contributed by atoms with E-state index in [0.29, 0.717) is 10.7 Å². The fourth-order valence-electron chi connectivity index (χ4n) is 1.45. The molecule has 19 heavy (non-hydrogen) atoms. The average molecular weight is 285 g/mol. The number of nitrogens with one attached hydrogen (secondary N) is 1. The Labute approximate surface area is 117 Å². The van der Waals surface area contributed by atoms with Crippen LogP contribution in [0.4, 0.5) is 10.5 Å². The summed E-state index contributed by atoms with van der Waals surface area (Å²) in [5.41, 5.74) is 0.454. The second-order valence-corrected chi connectivity index (χ2v) is 4.65. The molecule has 1 aromatic rings. The molecule has 0 bridgehead atoms. The first-order valence-corrected chi connectivity index (χ1v) is 6.37. The average Bonchev–Trinajstić information content (AvgIpc) is 2.35. The highest BCUT2D eigenvalue weighted by atomic mass is 35.5. The maximum Gasteiger partial charge on any atom is 0.323 e. The van der Waals surface area contributed by atoms with Gasteiger partial charge in [-0.25, -0.2) is 4.79 Å². The van der Waals surface area contributed by atoms with E-state index >= 15 is 0 Å². The van der Waals surface area contributed by atoms with Crippen LogP contribution in [0.25, 0.3) is 0 Å². The van der Waals surface area contributed by atoms with Gasteiger partial charge in [0, 0.05) is 16.8 Å².